The molecule has 4 atom stereocenters. The van der Waals surface area contributed by atoms with Crippen LogP contribution in [0.2, 0.25) is 0 Å². The van der Waals surface area contributed by atoms with Crippen LogP contribution in [-0.2, 0) is 14.3 Å². The largest absolute Gasteiger partial charge is 0.367 e. The minimum Gasteiger partial charge on any atom is -0.367 e. The van der Waals surface area contributed by atoms with Crippen molar-refractivity contribution < 1.29 is 19.1 Å². The standard InChI is InChI=1S/C27H38N6O4/c1-4-11-32-12-9-19(10-13-32)18-5-7-20(8-6-18)26(35)29-21(14-17(2)3)27(36)33-15-22(30-31-28)25-24(33)23(34)16-37-25/h5-8,17,19,21-22,24-25H,4,9-16H2,1-3H3,(H,29,35)/t21-,22-,24+,25+/m0/s1. The van der Waals surface area contributed by atoms with E-state index in [9.17, 15) is 14.4 Å². The van der Waals surface area contributed by atoms with E-state index in [4.69, 9.17) is 10.3 Å². The van der Waals surface area contributed by atoms with Gasteiger partial charge in [0.2, 0.25) is 5.91 Å². The molecule has 3 saturated heterocycles. The number of hydrogen-bond acceptors (Lipinski definition) is 6. The summed E-state index contributed by atoms with van der Waals surface area (Å²) in [5.41, 5.74) is 10.6. The van der Waals surface area contributed by atoms with E-state index in [2.05, 4.69) is 27.2 Å². The molecule has 1 aromatic carbocycles. The van der Waals surface area contributed by atoms with Gasteiger partial charge in [-0.3, -0.25) is 14.4 Å². The number of benzene rings is 1. The summed E-state index contributed by atoms with van der Waals surface area (Å²) in [6, 6.07) is 5.51. The van der Waals surface area contributed by atoms with E-state index in [1.54, 1.807) is 0 Å². The topological polar surface area (TPSA) is 128 Å². The van der Waals surface area contributed by atoms with Crippen LogP contribution in [0.15, 0.2) is 29.4 Å². The maximum Gasteiger partial charge on any atom is 0.251 e. The molecule has 0 bridgehead atoms. The molecule has 4 rings (SSSR count). The average Bonchev–Trinajstić information content (AvgIpc) is 3.44. The summed E-state index contributed by atoms with van der Waals surface area (Å²) >= 11 is 0. The Morgan fingerprint density at radius 1 is 1.22 bits per heavy atom. The third-order valence-corrected chi connectivity index (χ3v) is 7.72. The molecule has 3 aliphatic heterocycles. The summed E-state index contributed by atoms with van der Waals surface area (Å²) in [5.74, 6) is -0.239. The molecule has 0 radical (unpaired) electrons. The second-order valence-electron chi connectivity index (χ2n) is 10.8. The molecule has 0 aliphatic carbocycles. The van der Waals surface area contributed by atoms with E-state index in [0.29, 0.717) is 17.9 Å². The van der Waals surface area contributed by atoms with Gasteiger partial charge in [-0.1, -0.05) is 38.0 Å². The molecule has 3 fully saturated rings. The Hall–Kier alpha value is -2.94. The van der Waals surface area contributed by atoms with Gasteiger partial charge in [0, 0.05) is 17.0 Å². The van der Waals surface area contributed by atoms with Crippen molar-refractivity contribution in [1.82, 2.24) is 15.1 Å². The average molecular weight is 511 g/mol. The van der Waals surface area contributed by atoms with Crippen molar-refractivity contribution in [2.75, 3.05) is 32.8 Å². The molecule has 0 unspecified atom stereocenters. The summed E-state index contributed by atoms with van der Waals surface area (Å²) in [6.45, 7) is 9.51. The lowest BCUT2D eigenvalue weighted by atomic mass is 9.89. The maximum absolute atomic E-state index is 13.6. The number of Topliss-reactive ketones (excluding diaryl/α,β-unsaturated/α-hetero) is 1. The number of fused-ring (bicyclic) bond motifs is 1. The van der Waals surface area contributed by atoms with Gasteiger partial charge >= 0.3 is 0 Å². The van der Waals surface area contributed by atoms with Gasteiger partial charge in [-0.2, -0.15) is 0 Å². The number of amides is 2. The van der Waals surface area contributed by atoms with Crippen LogP contribution in [0.1, 0.15) is 68.3 Å². The van der Waals surface area contributed by atoms with Crippen LogP contribution in [0, 0.1) is 5.92 Å². The highest BCUT2D eigenvalue weighted by atomic mass is 16.5. The fourth-order valence-corrected chi connectivity index (χ4v) is 5.87. The second kappa shape index (κ2) is 12.1. The molecule has 3 aliphatic rings. The number of ketones is 1. The quantitative estimate of drug-likeness (QED) is 0.310. The number of carbonyl (C=O) groups is 3. The summed E-state index contributed by atoms with van der Waals surface area (Å²) < 4.78 is 5.53. The van der Waals surface area contributed by atoms with Crippen LogP contribution in [-0.4, -0.2) is 84.4 Å². The molecule has 200 valence electrons. The van der Waals surface area contributed by atoms with E-state index < -0.39 is 24.2 Å². The third-order valence-electron chi connectivity index (χ3n) is 7.72. The third kappa shape index (κ3) is 6.14. The Bertz CT molecular complexity index is 1030. The van der Waals surface area contributed by atoms with Gasteiger partial charge in [0.05, 0.1) is 12.1 Å². The number of nitrogens with one attached hydrogen (secondary N) is 1. The molecular formula is C27H38N6O4. The Morgan fingerprint density at radius 3 is 2.54 bits per heavy atom. The van der Waals surface area contributed by atoms with E-state index in [1.807, 2.05) is 38.1 Å². The normalized spacial score (nSPS) is 25.1. The van der Waals surface area contributed by atoms with Gasteiger partial charge in [0.15, 0.2) is 5.78 Å². The van der Waals surface area contributed by atoms with E-state index in [-0.39, 0.29) is 36.7 Å². The first kappa shape index (κ1) is 27.1. The first-order chi connectivity index (χ1) is 17.8. The maximum atomic E-state index is 13.6. The van der Waals surface area contributed by atoms with Crippen molar-refractivity contribution in [3.63, 3.8) is 0 Å². The number of nitrogens with zero attached hydrogens (tertiary/aromatic N) is 5. The molecule has 10 heteroatoms. The van der Waals surface area contributed by atoms with Gasteiger partial charge in [-0.25, -0.2) is 0 Å². The number of hydrogen-bond donors (Lipinski definition) is 1. The van der Waals surface area contributed by atoms with Gasteiger partial charge in [0.1, 0.15) is 18.7 Å². The van der Waals surface area contributed by atoms with Crippen molar-refractivity contribution in [1.29, 1.82) is 0 Å². The highest BCUT2D eigenvalue weighted by Crippen LogP contribution is 2.31. The summed E-state index contributed by atoms with van der Waals surface area (Å²) in [6.07, 6.45) is 3.20. The van der Waals surface area contributed by atoms with Gasteiger partial charge in [0.25, 0.3) is 5.91 Å². The van der Waals surface area contributed by atoms with Crippen LogP contribution in [0.3, 0.4) is 0 Å². The molecule has 37 heavy (non-hydrogen) atoms. The van der Waals surface area contributed by atoms with Crippen molar-refractivity contribution in [3.8, 4) is 0 Å². The molecule has 0 spiro atoms. The Kier molecular flexibility index (Phi) is 8.84. The molecule has 0 aromatic heterocycles. The second-order valence-corrected chi connectivity index (χ2v) is 10.8. The number of piperidine rings is 1. The number of likely N-dealkylation sites (tertiary alicyclic amines) is 2. The van der Waals surface area contributed by atoms with Crippen LogP contribution in [0.4, 0.5) is 0 Å². The molecule has 0 saturated carbocycles. The SMILES string of the molecule is CCCN1CCC(c2ccc(C(=O)N[C@@H](CC(C)C)C(=O)N3C[C@H](N=[N+]=[N-])[C@H]4OCC(=O)[C@H]43)cc2)CC1. The monoisotopic (exact) mass is 510 g/mol. The van der Waals surface area contributed by atoms with Crippen LogP contribution in [0.5, 0.6) is 0 Å². The van der Waals surface area contributed by atoms with Crippen LogP contribution < -0.4 is 5.32 Å². The molecule has 10 nitrogen and oxygen atoms in total. The lowest BCUT2D eigenvalue weighted by molar-refractivity contribution is -0.138. The fraction of sp³-hybridized carbons (Fsp3) is 0.667. The number of ether oxygens (including phenoxy) is 1. The highest BCUT2D eigenvalue weighted by molar-refractivity contribution is 5.99. The minimum absolute atomic E-state index is 0.0974. The van der Waals surface area contributed by atoms with Crippen molar-refractivity contribution in [2.24, 2.45) is 11.0 Å². The first-order valence-corrected chi connectivity index (χ1v) is 13.4. The van der Waals surface area contributed by atoms with Crippen molar-refractivity contribution in [3.05, 3.63) is 45.8 Å². The highest BCUT2D eigenvalue weighted by Gasteiger charge is 2.53. The van der Waals surface area contributed by atoms with Crippen molar-refractivity contribution in [2.45, 2.75) is 76.6 Å². The number of rotatable bonds is 9. The lowest BCUT2D eigenvalue weighted by Gasteiger charge is -2.32. The fourth-order valence-electron chi connectivity index (χ4n) is 5.87. The smallest absolute Gasteiger partial charge is 0.251 e. The van der Waals surface area contributed by atoms with E-state index >= 15 is 0 Å². The van der Waals surface area contributed by atoms with Gasteiger partial charge < -0.3 is 19.9 Å². The minimum atomic E-state index is -0.797. The zero-order valence-corrected chi connectivity index (χ0v) is 22.0. The number of azide groups is 1. The summed E-state index contributed by atoms with van der Waals surface area (Å²) in [4.78, 5) is 46.0. The Labute approximate surface area is 218 Å². The van der Waals surface area contributed by atoms with Gasteiger partial charge in [-0.15, -0.1) is 0 Å². The number of carbonyl (C=O) groups excluding carboxylic acids is 3. The first-order valence-electron chi connectivity index (χ1n) is 13.4. The molecule has 3 heterocycles. The molecule has 1 aromatic rings. The summed E-state index contributed by atoms with van der Waals surface area (Å²) in [7, 11) is 0. The van der Waals surface area contributed by atoms with E-state index in [1.165, 1.54) is 16.9 Å². The van der Waals surface area contributed by atoms with Gasteiger partial charge in [-0.05, 0) is 80.4 Å². The van der Waals surface area contributed by atoms with Crippen LogP contribution in [0.25, 0.3) is 10.4 Å². The van der Waals surface area contributed by atoms with Crippen molar-refractivity contribution >= 4 is 17.6 Å². The zero-order chi connectivity index (χ0) is 26.5. The predicted octanol–water partition coefficient (Wildman–Crippen LogP) is 3.28. The Balaban J connectivity index is 1.43. The predicted molar refractivity (Wildman–Crippen MR) is 139 cm³/mol. The molecular weight excluding hydrogens is 472 g/mol. The lowest BCUT2D eigenvalue weighted by Crippen LogP contribution is -2.52. The zero-order valence-electron chi connectivity index (χ0n) is 22.0. The van der Waals surface area contributed by atoms with E-state index in [0.717, 1.165) is 32.5 Å². The molecule has 1 N–H and O–H groups in total. The molecule has 2 amide bonds. The Morgan fingerprint density at radius 2 is 1.92 bits per heavy atom. The van der Waals surface area contributed by atoms with Crippen LogP contribution >= 0.6 is 0 Å². The summed E-state index contributed by atoms with van der Waals surface area (Å²) in [5, 5.41) is 6.65.